The molecule has 0 radical (unpaired) electrons. The summed E-state index contributed by atoms with van der Waals surface area (Å²) in [4.78, 5) is 4.28. The van der Waals surface area contributed by atoms with Gasteiger partial charge in [0.2, 0.25) is 0 Å². The number of nitrogens with zero attached hydrogens (tertiary/aromatic N) is 3. The Morgan fingerprint density at radius 2 is 1.89 bits per heavy atom. The quantitative estimate of drug-likeness (QED) is 0.297. The van der Waals surface area contributed by atoms with Crippen LogP contribution in [0, 0.1) is 0 Å². The molecule has 2 aromatic carbocycles. The van der Waals surface area contributed by atoms with Crippen LogP contribution in [0.15, 0.2) is 79.1 Å². The summed E-state index contributed by atoms with van der Waals surface area (Å²) in [5.41, 5.74) is 5.95. The highest BCUT2D eigenvalue weighted by molar-refractivity contribution is 5.84. The molecule has 6 heteroatoms. The molecule has 0 aliphatic rings. The minimum atomic E-state index is 0.405. The summed E-state index contributed by atoms with van der Waals surface area (Å²) in [6.45, 7) is 0.405. The van der Waals surface area contributed by atoms with Crippen LogP contribution >= 0.6 is 0 Å². The Kier molecular flexibility index (Phi) is 6.44. The van der Waals surface area contributed by atoms with E-state index < -0.39 is 0 Å². The number of pyridine rings is 1. The van der Waals surface area contributed by atoms with Crippen LogP contribution in [0.25, 0.3) is 35.2 Å². The first-order valence-corrected chi connectivity index (χ1v) is 11.4. The highest BCUT2D eigenvalue weighted by atomic mass is 16.5. The molecule has 35 heavy (non-hydrogen) atoms. The third-order valence-corrected chi connectivity index (χ3v) is 5.73. The van der Waals surface area contributed by atoms with E-state index >= 15 is 0 Å². The summed E-state index contributed by atoms with van der Waals surface area (Å²) >= 11 is 0. The van der Waals surface area contributed by atoms with Crippen molar-refractivity contribution in [1.29, 1.82) is 0 Å². The molecule has 0 spiro atoms. The number of nitrogens with one attached hydrogen (secondary N) is 1. The summed E-state index contributed by atoms with van der Waals surface area (Å²) in [7, 11) is 3.71. The molecule has 174 valence electrons. The molecule has 0 bridgehead atoms. The van der Waals surface area contributed by atoms with Crippen LogP contribution in [0.4, 0.5) is 0 Å². The normalized spacial score (nSPS) is 11.6. The molecule has 0 saturated heterocycles. The highest BCUT2D eigenvalue weighted by Crippen LogP contribution is 2.27. The molecule has 1 N–H and O–H groups in total. The minimum Gasteiger partial charge on any atom is -0.496 e. The number of ether oxygens (including phenoxy) is 2. The molecule has 6 nitrogen and oxygen atoms in total. The van der Waals surface area contributed by atoms with Gasteiger partial charge in [-0.1, -0.05) is 18.2 Å². The van der Waals surface area contributed by atoms with E-state index in [4.69, 9.17) is 9.47 Å². The van der Waals surface area contributed by atoms with Gasteiger partial charge in [0.05, 0.1) is 24.2 Å². The zero-order valence-electron chi connectivity index (χ0n) is 19.7. The predicted molar refractivity (Wildman–Crippen MR) is 141 cm³/mol. The maximum atomic E-state index is 5.85. The highest BCUT2D eigenvalue weighted by Gasteiger charge is 2.05. The number of aromatic nitrogens is 4. The van der Waals surface area contributed by atoms with Gasteiger partial charge in [0.25, 0.3) is 0 Å². The van der Waals surface area contributed by atoms with Crippen LogP contribution in [0.1, 0.15) is 28.2 Å². The summed E-state index contributed by atoms with van der Waals surface area (Å²) in [5, 5.41) is 8.70. The first-order chi connectivity index (χ1) is 17.2. The van der Waals surface area contributed by atoms with Crippen molar-refractivity contribution in [2.24, 2.45) is 7.05 Å². The van der Waals surface area contributed by atoms with Crippen LogP contribution in [-0.4, -0.2) is 26.9 Å². The van der Waals surface area contributed by atoms with E-state index in [1.54, 1.807) is 13.3 Å². The van der Waals surface area contributed by atoms with Crippen molar-refractivity contribution in [3.8, 4) is 11.5 Å². The van der Waals surface area contributed by atoms with Crippen molar-refractivity contribution in [3.63, 3.8) is 0 Å². The molecular formula is C29H26N4O2. The van der Waals surface area contributed by atoms with Crippen molar-refractivity contribution in [1.82, 2.24) is 19.7 Å². The Labute approximate surface area is 204 Å². The molecule has 5 rings (SSSR count). The Hall–Kier alpha value is -4.58. The summed E-state index contributed by atoms with van der Waals surface area (Å²) < 4.78 is 13.5. The molecule has 0 saturated carbocycles. The van der Waals surface area contributed by atoms with Crippen LogP contribution in [0.2, 0.25) is 0 Å². The Bertz CT molecular complexity index is 1500. The van der Waals surface area contributed by atoms with Gasteiger partial charge >= 0.3 is 0 Å². The lowest BCUT2D eigenvalue weighted by Crippen LogP contribution is -1.98. The number of aryl methyl sites for hydroxylation is 1. The Balaban J connectivity index is 1.24. The van der Waals surface area contributed by atoms with E-state index in [9.17, 15) is 0 Å². The zero-order chi connectivity index (χ0) is 24.0. The van der Waals surface area contributed by atoms with E-state index in [1.807, 2.05) is 60.7 Å². The number of rotatable bonds is 8. The number of fused-ring (bicyclic) bond motifs is 1. The average Bonchev–Trinajstić information content (AvgIpc) is 3.52. The molecule has 3 aromatic heterocycles. The molecule has 0 unspecified atom stereocenters. The lowest BCUT2D eigenvalue weighted by molar-refractivity contribution is 0.299. The van der Waals surface area contributed by atoms with Gasteiger partial charge in [-0.3, -0.25) is 10.1 Å². The second kappa shape index (κ2) is 10.1. The van der Waals surface area contributed by atoms with Crippen molar-refractivity contribution in [3.05, 3.63) is 107 Å². The molecule has 0 aliphatic carbocycles. The Morgan fingerprint density at radius 3 is 2.74 bits per heavy atom. The Morgan fingerprint density at radius 1 is 0.943 bits per heavy atom. The second-order valence-electron chi connectivity index (χ2n) is 8.17. The van der Waals surface area contributed by atoms with Crippen molar-refractivity contribution in [2.45, 2.75) is 6.61 Å². The van der Waals surface area contributed by atoms with E-state index in [0.717, 1.165) is 39.7 Å². The topological polar surface area (TPSA) is 65.0 Å². The van der Waals surface area contributed by atoms with Gasteiger partial charge < -0.3 is 14.0 Å². The summed E-state index contributed by atoms with van der Waals surface area (Å²) in [6, 6.07) is 22.1. The fraction of sp³-hybridized carbons (Fsp3) is 0.103. The van der Waals surface area contributed by atoms with E-state index in [1.165, 1.54) is 10.9 Å². The fourth-order valence-electron chi connectivity index (χ4n) is 3.85. The molecule has 5 aromatic rings. The summed E-state index contributed by atoms with van der Waals surface area (Å²) in [5.74, 6) is 1.46. The monoisotopic (exact) mass is 462 g/mol. The van der Waals surface area contributed by atoms with Gasteiger partial charge in [0, 0.05) is 42.0 Å². The molecule has 0 fully saturated rings. The lowest BCUT2D eigenvalue weighted by atomic mass is 10.1. The largest absolute Gasteiger partial charge is 0.496 e. The van der Waals surface area contributed by atoms with Gasteiger partial charge in [0.15, 0.2) is 0 Å². The molecule has 3 heterocycles. The second-order valence-corrected chi connectivity index (χ2v) is 8.17. The van der Waals surface area contributed by atoms with Gasteiger partial charge in [0.1, 0.15) is 18.1 Å². The first-order valence-electron chi connectivity index (χ1n) is 11.4. The van der Waals surface area contributed by atoms with Crippen molar-refractivity contribution < 1.29 is 9.47 Å². The van der Waals surface area contributed by atoms with Gasteiger partial charge in [-0.05, 0) is 72.3 Å². The van der Waals surface area contributed by atoms with Crippen LogP contribution in [-0.2, 0) is 13.7 Å². The maximum absolute atomic E-state index is 5.85. The van der Waals surface area contributed by atoms with Gasteiger partial charge in [-0.2, -0.15) is 5.10 Å². The number of H-pyrrole nitrogens is 1. The molecule has 0 atom stereocenters. The fourth-order valence-corrected chi connectivity index (χ4v) is 3.85. The number of hydrogen-bond donors (Lipinski definition) is 1. The minimum absolute atomic E-state index is 0.405. The van der Waals surface area contributed by atoms with E-state index in [2.05, 4.69) is 63.3 Å². The maximum Gasteiger partial charge on any atom is 0.130 e. The standard InChI is InChI=1S/C29H26N4O2/c1-33-16-14-23-17-21(7-13-28(23)33)6-10-24-18-25(32-31-24)11-8-22-9-12-27(19-29(22)34-2)35-20-26-5-3-4-15-30-26/h3-19H,20H2,1-2H3,(H,31,32)/b10-6?,11-8+. The average molecular weight is 463 g/mol. The van der Waals surface area contributed by atoms with Gasteiger partial charge in [-0.25, -0.2) is 0 Å². The molecule has 0 aliphatic heterocycles. The third kappa shape index (κ3) is 5.33. The van der Waals surface area contributed by atoms with Crippen molar-refractivity contribution in [2.75, 3.05) is 7.11 Å². The predicted octanol–water partition coefficient (Wildman–Crippen LogP) is 6.22. The number of aromatic amines is 1. The van der Waals surface area contributed by atoms with Crippen LogP contribution in [0.3, 0.4) is 0 Å². The zero-order valence-corrected chi connectivity index (χ0v) is 19.7. The number of methoxy groups -OCH3 is 1. The first kappa shape index (κ1) is 22.2. The molecule has 0 amide bonds. The van der Waals surface area contributed by atoms with Gasteiger partial charge in [-0.15, -0.1) is 0 Å². The molecular weight excluding hydrogens is 436 g/mol. The number of benzene rings is 2. The van der Waals surface area contributed by atoms with Crippen molar-refractivity contribution >= 4 is 35.2 Å². The van der Waals surface area contributed by atoms with Crippen LogP contribution in [0.5, 0.6) is 11.5 Å². The van der Waals surface area contributed by atoms with E-state index in [0.29, 0.717) is 6.61 Å². The SMILES string of the molecule is COc1cc(OCc2ccccn2)ccc1/C=C/c1cc(C=Cc2ccc3c(ccn3C)c2)[nH]n1. The lowest BCUT2D eigenvalue weighted by Gasteiger charge is -2.09. The smallest absolute Gasteiger partial charge is 0.130 e. The van der Waals surface area contributed by atoms with E-state index in [-0.39, 0.29) is 0 Å². The number of hydrogen-bond acceptors (Lipinski definition) is 4. The van der Waals surface area contributed by atoms with Crippen LogP contribution < -0.4 is 9.47 Å². The third-order valence-electron chi connectivity index (χ3n) is 5.73. The summed E-state index contributed by atoms with van der Waals surface area (Å²) in [6.07, 6.45) is 11.9.